The van der Waals surface area contributed by atoms with Gasteiger partial charge in [-0.25, -0.2) is 4.21 Å². The highest BCUT2D eigenvalue weighted by atomic mass is 32.2. The van der Waals surface area contributed by atoms with E-state index in [-0.39, 0.29) is 5.75 Å². The van der Waals surface area contributed by atoms with Crippen molar-refractivity contribution >= 4 is 22.1 Å². The Bertz CT molecular complexity index is 1070. The SMILES string of the molecule is COc1ccc2c(Oc3ccc(OCCN4CCCCC4)cc3)c(OS(=O)[O-])ccc2c1. The molecule has 0 saturated carbocycles. The van der Waals surface area contributed by atoms with Gasteiger partial charge in [0, 0.05) is 11.9 Å². The van der Waals surface area contributed by atoms with Crippen molar-refractivity contribution in [2.24, 2.45) is 0 Å². The van der Waals surface area contributed by atoms with Gasteiger partial charge in [0.25, 0.3) is 0 Å². The summed E-state index contributed by atoms with van der Waals surface area (Å²) >= 11 is -2.72. The van der Waals surface area contributed by atoms with Crippen LogP contribution in [0.3, 0.4) is 0 Å². The molecule has 1 unspecified atom stereocenters. The highest BCUT2D eigenvalue weighted by molar-refractivity contribution is 7.74. The van der Waals surface area contributed by atoms with Gasteiger partial charge in [-0.3, -0.25) is 4.90 Å². The Morgan fingerprint density at radius 3 is 2.38 bits per heavy atom. The van der Waals surface area contributed by atoms with E-state index in [1.54, 1.807) is 37.4 Å². The summed E-state index contributed by atoms with van der Waals surface area (Å²) in [6.07, 6.45) is 3.85. The molecule has 0 amide bonds. The van der Waals surface area contributed by atoms with Crippen molar-refractivity contribution in [1.82, 2.24) is 4.90 Å². The smallest absolute Gasteiger partial charge is 0.182 e. The van der Waals surface area contributed by atoms with E-state index in [1.807, 2.05) is 24.3 Å². The molecule has 8 heteroatoms. The molecular formula is C24H26NO6S-. The van der Waals surface area contributed by atoms with Gasteiger partial charge in [-0.2, -0.15) is 0 Å². The zero-order chi connectivity index (χ0) is 22.3. The average molecular weight is 457 g/mol. The molecule has 1 aliphatic rings. The van der Waals surface area contributed by atoms with Gasteiger partial charge < -0.3 is 22.9 Å². The molecule has 1 heterocycles. The van der Waals surface area contributed by atoms with Gasteiger partial charge in [0.15, 0.2) is 11.5 Å². The van der Waals surface area contributed by atoms with Crippen molar-refractivity contribution < 1.29 is 27.2 Å². The lowest BCUT2D eigenvalue weighted by molar-refractivity contribution is 0.183. The van der Waals surface area contributed by atoms with Gasteiger partial charge in [0.1, 0.15) is 35.2 Å². The molecule has 0 radical (unpaired) electrons. The Labute approximate surface area is 190 Å². The Morgan fingerprint density at radius 1 is 0.938 bits per heavy atom. The summed E-state index contributed by atoms with van der Waals surface area (Å²) < 4.78 is 44.4. The van der Waals surface area contributed by atoms with Crippen LogP contribution >= 0.6 is 0 Å². The molecule has 1 atom stereocenters. The third-order valence-electron chi connectivity index (χ3n) is 5.47. The minimum absolute atomic E-state index is 0.109. The zero-order valence-electron chi connectivity index (χ0n) is 18.0. The lowest BCUT2D eigenvalue weighted by Crippen LogP contribution is -2.33. The molecule has 0 aromatic heterocycles. The molecule has 170 valence electrons. The van der Waals surface area contributed by atoms with Crippen LogP contribution < -0.4 is 18.4 Å². The van der Waals surface area contributed by atoms with Crippen molar-refractivity contribution in [3.05, 3.63) is 54.6 Å². The second-order valence-corrected chi connectivity index (χ2v) is 8.17. The van der Waals surface area contributed by atoms with Crippen LogP contribution in [-0.2, 0) is 11.4 Å². The number of hydrogen-bond donors (Lipinski definition) is 0. The monoisotopic (exact) mass is 456 g/mol. The molecule has 3 aromatic rings. The molecule has 0 N–H and O–H groups in total. The van der Waals surface area contributed by atoms with E-state index < -0.39 is 11.4 Å². The molecule has 4 rings (SSSR count). The number of rotatable bonds is 9. The lowest BCUT2D eigenvalue weighted by atomic mass is 10.1. The van der Waals surface area contributed by atoms with Crippen LogP contribution in [0.15, 0.2) is 54.6 Å². The predicted molar refractivity (Wildman–Crippen MR) is 122 cm³/mol. The quantitative estimate of drug-likeness (QED) is 0.433. The zero-order valence-corrected chi connectivity index (χ0v) is 18.8. The van der Waals surface area contributed by atoms with Gasteiger partial charge in [-0.05, 0) is 79.8 Å². The van der Waals surface area contributed by atoms with E-state index in [2.05, 4.69) is 4.90 Å². The fraction of sp³-hybridized carbons (Fsp3) is 0.333. The van der Waals surface area contributed by atoms with Gasteiger partial charge in [0.2, 0.25) is 0 Å². The Hall–Kier alpha value is -2.81. The normalized spacial score (nSPS) is 15.3. The third kappa shape index (κ3) is 5.70. The van der Waals surface area contributed by atoms with E-state index >= 15 is 0 Å². The van der Waals surface area contributed by atoms with Crippen LogP contribution in [0.4, 0.5) is 0 Å². The van der Waals surface area contributed by atoms with Crippen molar-refractivity contribution in [3.8, 4) is 28.7 Å². The number of benzene rings is 3. The maximum absolute atomic E-state index is 11.2. The van der Waals surface area contributed by atoms with Crippen molar-refractivity contribution in [2.45, 2.75) is 19.3 Å². The number of hydrogen-bond acceptors (Lipinski definition) is 7. The number of piperidine rings is 1. The van der Waals surface area contributed by atoms with Crippen LogP contribution in [0.1, 0.15) is 19.3 Å². The molecule has 7 nitrogen and oxygen atoms in total. The van der Waals surface area contributed by atoms with E-state index in [1.165, 1.54) is 19.3 Å². The molecule has 0 bridgehead atoms. The van der Waals surface area contributed by atoms with Crippen LogP contribution in [0.5, 0.6) is 28.7 Å². The Kier molecular flexibility index (Phi) is 7.47. The lowest BCUT2D eigenvalue weighted by Gasteiger charge is -2.26. The standard InChI is InChI=1S/C24H27NO6S/c1-28-21-10-11-22-18(17-21)5-12-23(31-32(26)27)24(22)30-20-8-6-19(7-9-20)29-16-15-25-13-3-2-4-14-25/h5-12,17H,2-4,13-16H2,1H3,(H,26,27)/p-1. The molecule has 1 aliphatic heterocycles. The molecule has 32 heavy (non-hydrogen) atoms. The highest BCUT2D eigenvalue weighted by Gasteiger charge is 2.14. The summed E-state index contributed by atoms with van der Waals surface area (Å²) in [6.45, 7) is 3.85. The van der Waals surface area contributed by atoms with Crippen LogP contribution in [-0.4, -0.2) is 47.0 Å². The van der Waals surface area contributed by atoms with Crippen LogP contribution in [0, 0.1) is 0 Å². The van der Waals surface area contributed by atoms with E-state index in [0.717, 1.165) is 30.8 Å². The molecule has 1 saturated heterocycles. The summed E-state index contributed by atoms with van der Waals surface area (Å²) in [6, 6.07) is 16.0. The first-order valence-corrected chi connectivity index (χ1v) is 11.6. The number of likely N-dealkylation sites (tertiary alicyclic amines) is 1. The third-order valence-corrected chi connectivity index (χ3v) is 5.78. The largest absolute Gasteiger partial charge is 0.740 e. The molecule has 0 spiro atoms. The number of ether oxygens (including phenoxy) is 3. The summed E-state index contributed by atoms with van der Waals surface area (Å²) in [4.78, 5) is 2.43. The van der Waals surface area contributed by atoms with Gasteiger partial charge in [-0.1, -0.05) is 12.5 Å². The first kappa shape index (κ1) is 22.4. The summed E-state index contributed by atoms with van der Waals surface area (Å²) in [5.41, 5.74) is 0. The summed E-state index contributed by atoms with van der Waals surface area (Å²) in [7, 11) is 1.59. The van der Waals surface area contributed by atoms with E-state index in [9.17, 15) is 8.76 Å². The van der Waals surface area contributed by atoms with Gasteiger partial charge >= 0.3 is 0 Å². The number of methoxy groups -OCH3 is 1. The highest BCUT2D eigenvalue weighted by Crippen LogP contribution is 2.40. The van der Waals surface area contributed by atoms with Gasteiger partial charge in [-0.15, -0.1) is 0 Å². The van der Waals surface area contributed by atoms with Crippen molar-refractivity contribution in [2.75, 3.05) is 33.4 Å². The Balaban J connectivity index is 1.48. The summed E-state index contributed by atoms with van der Waals surface area (Å²) in [5, 5.41) is 1.54. The topological polar surface area (TPSA) is 80.3 Å². The maximum Gasteiger partial charge on any atom is 0.182 e. The fourth-order valence-electron chi connectivity index (χ4n) is 3.83. The number of nitrogens with zero attached hydrogens (tertiary/aromatic N) is 1. The van der Waals surface area contributed by atoms with E-state index in [4.69, 9.17) is 18.4 Å². The van der Waals surface area contributed by atoms with Crippen molar-refractivity contribution in [3.63, 3.8) is 0 Å². The van der Waals surface area contributed by atoms with Crippen LogP contribution in [0.25, 0.3) is 10.8 Å². The first-order valence-electron chi connectivity index (χ1n) is 10.6. The number of fused-ring (bicyclic) bond motifs is 1. The minimum Gasteiger partial charge on any atom is -0.740 e. The predicted octanol–water partition coefficient (Wildman–Crippen LogP) is 4.68. The average Bonchev–Trinajstić information content (AvgIpc) is 2.81. The second kappa shape index (κ2) is 10.7. The van der Waals surface area contributed by atoms with Gasteiger partial charge in [0.05, 0.1) is 7.11 Å². The molecule has 3 aromatic carbocycles. The second-order valence-electron chi connectivity index (χ2n) is 7.59. The van der Waals surface area contributed by atoms with Crippen molar-refractivity contribution in [1.29, 1.82) is 0 Å². The fourth-order valence-corrected chi connectivity index (χ4v) is 4.11. The Morgan fingerprint density at radius 2 is 1.66 bits per heavy atom. The van der Waals surface area contributed by atoms with Crippen LogP contribution in [0.2, 0.25) is 0 Å². The molecular weight excluding hydrogens is 430 g/mol. The summed E-state index contributed by atoms with van der Waals surface area (Å²) in [5.74, 6) is 2.41. The maximum atomic E-state index is 11.2. The molecule has 0 aliphatic carbocycles. The molecule has 1 fully saturated rings. The first-order chi connectivity index (χ1) is 15.6. The minimum atomic E-state index is -2.72. The van der Waals surface area contributed by atoms with E-state index in [0.29, 0.717) is 29.2 Å².